The monoisotopic (exact) mass is 464 g/mol. The van der Waals surface area contributed by atoms with Crippen molar-refractivity contribution in [2.75, 3.05) is 19.6 Å². The molecule has 164 valence electrons. The van der Waals surface area contributed by atoms with E-state index >= 15 is 0 Å². The molecule has 2 heterocycles. The van der Waals surface area contributed by atoms with Crippen molar-refractivity contribution >= 4 is 27.5 Å². The molecule has 7 nitrogen and oxygen atoms in total. The second kappa shape index (κ2) is 8.56. The Kier molecular flexibility index (Phi) is 6.44. The van der Waals surface area contributed by atoms with E-state index in [-0.39, 0.29) is 24.9 Å². The van der Waals surface area contributed by atoms with Crippen LogP contribution < -0.4 is 5.32 Å². The van der Waals surface area contributed by atoms with Gasteiger partial charge in [0.2, 0.25) is 10.0 Å². The van der Waals surface area contributed by atoms with Crippen LogP contribution in [0.5, 0.6) is 0 Å². The van der Waals surface area contributed by atoms with Gasteiger partial charge in [-0.1, -0.05) is 11.6 Å². The van der Waals surface area contributed by atoms with Gasteiger partial charge in [-0.2, -0.15) is 22.6 Å². The first-order valence-electron chi connectivity index (χ1n) is 9.12. The van der Waals surface area contributed by atoms with Gasteiger partial charge in [-0.3, -0.25) is 9.48 Å². The Morgan fingerprint density at radius 1 is 1.30 bits per heavy atom. The van der Waals surface area contributed by atoms with Crippen molar-refractivity contribution in [2.45, 2.75) is 23.9 Å². The molecule has 3 rings (SSSR count). The summed E-state index contributed by atoms with van der Waals surface area (Å²) in [5, 5.41) is 6.18. The predicted molar refractivity (Wildman–Crippen MR) is 103 cm³/mol. The van der Waals surface area contributed by atoms with Crippen molar-refractivity contribution < 1.29 is 26.4 Å². The van der Waals surface area contributed by atoms with Crippen molar-refractivity contribution in [1.29, 1.82) is 0 Å². The zero-order valence-corrected chi connectivity index (χ0v) is 17.6. The molecule has 1 aromatic heterocycles. The fourth-order valence-corrected chi connectivity index (χ4v) is 4.98. The predicted octanol–water partition coefficient (Wildman–Crippen LogP) is 2.92. The number of nitrogens with one attached hydrogen (secondary N) is 1. The van der Waals surface area contributed by atoms with Crippen molar-refractivity contribution in [1.82, 2.24) is 19.4 Å². The first kappa shape index (κ1) is 22.6. The van der Waals surface area contributed by atoms with Crippen molar-refractivity contribution in [3.63, 3.8) is 0 Å². The maximum Gasteiger partial charge on any atom is 0.417 e. The average molecular weight is 465 g/mol. The molecule has 1 saturated heterocycles. The maximum absolute atomic E-state index is 13.1. The molecule has 2 aromatic rings. The molecule has 1 aliphatic heterocycles. The summed E-state index contributed by atoms with van der Waals surface area (Å²) < 4.78 is 67.4. The number of benzene rings is 1. The molecule has 0 aliphatic carbocycles. The number of halogens is 4. The third-order valence-electron chi connectivity index (χ3n) is 4.97. The van der Waals surface area contributed by atoms with Crippen LogP contribution in [-0.2, 0) is 23.2 Å². The van der Waals surface area contributed by atoms with Crippen LogP contribution >= 0.6 is 11.6 Å². The zero-order chi connectivity index (χ0) is 22.1. The molecule has 30 heavy (non-hydrogen) atoms. The molecule has 1 fully saturated rings. The van der Waals surface area contributed by atoms with E-state index in [1.54, 1.807) is 13.2 Å². The fourth-order valence-electron chi connectivity index (χ4n) is 3.26. The van der Waals surface area contributed by atoms with Gasteiger partial charge < -0.3 is 5.32 Å². The first-order valence-corrected chi connectivity index (χ1v) is 10.9. The van der Waals surface area contributed by atoms with E-state index < -0.39 is 31.7 Å². The van der Waals surface area contributed by atoms with E-state index in [1.807, 2.05) is 0 Å². The summed E-state index contributed by atoms with van der Waals surface area (Å²) in [6, 6.07) is 2.59. The molecule has 0 atom stereocenters. The second-order valence-corrected chi connectivity index (χ2v) is 9.44. The van der Waals surface area contributed by atoms with Crippen LogP contribution in [-0.4, -0.2) is 48.0 Å². The molecule has 0 spiro atoms. The highest BCUT2D eigenvalue weighted by Gasteiger charge is 2.36. The summed E-state index contributed by atoms with van der Waals surface area (Å²) in [6.07, 6.45) is -0.752. The quantitative estimate of drug-likeness (QED) is 0.737. The number of aromatic nitrogens is 2. The number of nitrogens with zero attached hydrogens (tertiary/aromatic N) is 3. The van der Waals surface area contributed by atoms with E-state index in [0.717, 1.165) is 16.4 Å². The molecule has 0 bridgehead atoms. The van der Waals surface area contributed by atoms with Gasteiger partial charge in [-0.05, 0) is 37.0 Å². The number of carbonyl (C=O) groups is 1. The maximum atomic E-state index is 13.1. The lowest BCUT2D eigenvalue weighted by Gasteiger charge is -2.31. The van der Waals surface area contributed by atoms with Gasteiger partial charge in [0.15, 0.2) is 0 Å². The number of sulfonamides is 1. The lowest BCUT2D eigenvalue weighted by atomic mass is 9.98. The van der Waals surface area contributed by atoms with Gasteiger partial charge >= 0.3 is 6.18 Å². The average Bonchev–Trinajstić information content (AvgIpc) is 3.12. The van der Waals surface area contributed by atoms with Gasteiger partial charge in [0.05, 0.1) is 27.2 Å². The van der Waals surface area contributed by atoms with Crippen LogP contribution in [0.3, 0.4) is 0 Å². The number of aryl methyl sites for hydroxylation is 1. The van der Waals surface area contributed by atoms with Gasteiger partial charge in [-0.15, -0.1) is 0 Å². The topological polar surface area (TPSA) is 84.3 Å². The van der Waals surface area contributed by atoms with Crippen LogP contribution in [0.4, 0.5) is 13.2 Å². The van der Waals surface area contributed by atoms with Gasteiger partial charge in [-0.25, -0.2) is 8.42 Å². The molecule has 12 heteroatoms. The van der Waals surface area contributed by atoms with Crippen molar-refractivity contribution in [2.24, 2.45) is 13.0 Å². The van der Waals surface area contributed by atoms with E-state index in [9.17, 15) is 26.4 Å². The summed E-state index contributed by atoms with van der Waals surface area (Å²) >= 11 is 5.57. The molecule has 0 saturated carbocycles. The Bertz CT molecular complexity index is 1030. The fraction of sp³-hybridized carbons (Fsp3) is 0.444. The summed E-state index contributed by atoms with van der Waals surface area (Å²) in [5.74, 6) is -0.202. The normalized spacial score (nSPS) is 16.6. The number of hydrogen-bond donors (Lipinski definition) is 1. The Morgan fingerprint density at radius 3 is 2.53 bits per heavy atom. The minimum absolute atomic E-state index is 0.0630. The SMILES string of the molecule is Cn1cc(C(=O)NCC2CCN(S(=O)(=O)c3ccc(Cl)c(C(F)(F)F)c3)CC2)cn1. The number of carbonyl (C=O) groups excluding carboxylic acids is 1. The highest BCUT2D eigenvalue weighted by Crippen LogP contribution is 2.36. The van der Waals surface area contributed by atoms with Crippen molar-refractivity contribution in [3.8, 4) is 0 Å². The summed E-state index contributed by atoms with van der Waals surface area (Å²) in [6.45, 7) is 0.681. The number of rotatable bonds is 5. The Labute approximate surface area is 176 Å². The highest BCUT2D eigenvalue weighted by atomic mass is 35.5. The van der Waals surface area contributed by atoms with Gasteiger partial charge in [0.1, 0.15) is 0 Å². The summed E-state index contributed by atoms with van der Waals surface area (Å²) in [4.78, 5) is 11.6. The first-order chi connectivity index (χ1) is 14.0. The minimum Gasteiger partial charge on any atom is -0.352 e. The third-order valence-corrected chi connectivity index (χ3v) is 7.20. The molecule has 1 aromatic carbocycles. The minimum atomic E-state index is -4.75. The standard InChI is InChI=1S/C18H20ClF3N4O3S/c1-25-11-13(10-24-25)17(27)23-9-12-4-6-26(7-5-12)30(28,29)14-2-3-16(19)15(8-14)18(20,21)22/h2-3,8,10-12H,4-7,9H2,1H3,(H,23,27). The Morgan fingerprint density at radius 2 is 1.97 bits per heavy atom. The summed E-state index contributed by atoms with van der Waals surface area (Å²) in [7, 11) is -2.38. The molecule has 1 amide bonds. The van der Waals surface area contributed by atoms with Crippen LogP contribution in [0.2, 0.25) is 5.02 Å². The smallest absolute Gasteiger partial charge is 0.352 e. The Hall–Kier alpha value is -2.11. The van der Waals surface area contributed by atoms with Crippen LogP contribution in [0, 0.1) is 5.92 Å². The second-order valence-electron chi connectivity index (χ2n) is 7.10. The highest BCUT2D eigenvalue weighted by molar-refractivity contribution is 7.89. The number of amides is 1. The molecule has 1 N–H and O–H groups in total. The molecular formula is C18H20ClF3N4O3S. The van der Waals surface area contributed by atoms with E-state index in [0.29, 0.717) is 31.0 Å². The Balaban J connectivity index is 1.61. The van der Waals surface area contributed by atoms with Crippen molar-refractivity contribution in [3.05, 3.63) is 46.7 Å². The lowest BCUT2D eigenvalue weighted by Crippen LogP contribution is -2.41. The largest absolute Gasteiger partial charge is 0.417 e. The molecule has 0 radical (unpaired) electrons. The molecule has 0 unspecified atom stereocenters. The van der Waals surface area contributed by atoms with E-state index in [4.69, 9.17) is 11.6 Å². The molecule has 1 aliphatic rings. The lowest BCUT2D eigenvalue weighted by molar-refractivity contribution is -0.137. The number of hydrogen-bond acceptors (Lipinski definition) is 4. The van der Waals surface area contributed by atoms with Gasteiger partial charge in [0.25, 0.3) is 5.91 Å². The van der Waals surface area contributed by atoms with E-state index in [1.165, 1.54) is 10.9 Å². The number of piperidine rings is 1. The molecular weight excluding hydrogens is 445 g/mol. The zero-order valence-electron chi connectivity index (χ0n) is 16.0. The van der Waals surface area contributed by atoms with E-state index in [2.05, 4.69) is 10.4 Å². The third kappa shape index (κ3) is 4.96. The van der Waals surface area contributed by atoms with Crippen LogP contribution in [0.15, 0.2) is 35.5 Å². The van der Waals surface area contributed by atoms with Crippen LogP contribution in [0.1, 0.15) is 28.8 Å². The summed E-state index contributed by atoms with van der Waals surface area (Å²) in [5.41, 5.74) is -0.751. The van der Waals surface area contributed by atoms with Gasteiger partial charge in [0, 0.05) is 32.9 Å². The number of alkyl halides is 3. The van der Waals surface area contributed by atoms with Crippen LogP contribution in [0.25, 0.3) is 0 Å².